The SMILES string of the molecule is COc1ccc(CN(C(=O)OC(C)(C)C)S(=O)(=O)c2ccc(O[C@H]3CC[C@H](c4cccc(C(F)(F)F)c4)C[C@@H]3N(C)C)cc2F)c(OC)c1. The van der Waals surface area contributed by atoms with E-state index in [0.29, 0.717) is 40.4 Å². The molecule has 0 spiro atoms. The second kappa shape index (κ2) is 14.8. The molecule has 0 aromatic heterocycles. The Labute approximate surface area is 284 Å². The van der Waals surface area contributed by atoms with Crippen molar-refractivity contribution in [1.29, 1.82) is 0 Å². The smallest absolute Gasteiger partial charge is 0.424 e. The van der Waals surface area contributed by atoms with Crippen LogP contribution in [0.15, 0.2) is 65.6 Å². The molecule has 1 saturated carbocycles. The minimum absolute atomic E-state index is 0.0615. The highest BCUT2D eigenvalue weighted by atomic mass is 32.2. The van der Waals surface area contributed by atoms with E-state index in [9.17, 15) is 26.4 Å². The second-order valence-corrected chi connectivity index (χ2v) is 14.9. The molecule has 0 bridgehead atoms. The predicted octanol–water partition coefficient (Wildman–Crippen LogP) is 7.63. The molecule has 1 aliphatic rings. The Morgan fingerprint density at radius 1 is 0.918 bits per heavy atom. The number of hydrogen-bond donors (Lipinski definition) is 0. The van der Waals surface area contributed by atoms with Crippen LogP contribution in [-0.2, 0) is 27.5 Å². The van der Waals surface area contributed by atoms with Gasteiger partial charge >= 0.3 is 12.3 Å². The van der Waals surface area contributed by atoms with Crippen LogP contribution in [0.2, 0.25) is 0 Å². The molecular weight excluding hydrogens is 668 g/mol. The van der Waals surface area contributed by atoms with E-state index < -0.39 is 56.8 Å². The molecule has 1 amide bonds. The van der Waals surface area contributed by atoms with Gasteiger partial charge < -0.3 is 23.8 Å². The zero-order valence-electron chi connectivity index (χ0n) is 28.5. The summed E-state index contributed by atoms with van der Waals surface area (Å²) in [5.41, 5.74) is -0.881. The number of likely N-dealkylation sites (N-methyl/N-ethyl adjacent to an activating group) is 1. The zero-order chi connectivity index (χ0) is 36.3. The van der Waals surface area contributed by atoms with E-state index in [1.807, 2.05) is 19.0 Å². The summed E-state index contributed by atoms with van der Waals surface area (Å²) in [7, 11) is 1.67. The maximum atomic E-state index is 15.7. The van der Waals surface area contributed by atoms with Gasteiger partial charge in [-0.3, -0.25) is 0 Å². The largest absolute Gasteiger partial charge is 0.497 e. The Bertz CT molecular complexity index is 1740. The van der Waals surface area contributed by atoms with E-state index in [-0.39, 0.29) is 23.5 Å². The minimum Gasteiger partial charge on any atom is -0.497 e. The van der Waals surface area contributed by atoms with Crippen LogP contribution in [0.5, 0.6) is 17.2 Å². The maximum Gasteiger partial charge on any atom is 0.424 e. The third-order valence-electron chi connectivity index (χ3n) is 8.27. The van der Waals surface area contributed by atoms with E-state index in [1.165, 1.54) is 44.6 Å². The Balaban J connectivity index is 1.59. The highest BCUT2D eigenvalue weighted by Crippen LogP contribution is 2.39. The lowest BCUT2D eigenvalue weighted by Gasteiger charge is -2.40. The van der Waals surface area contributed by atoms with Crippen molar-refractivity contribution in [1.82, 2.24) is 9.21 Å². The van der Waals surface area contributed by atoms with Gasteiger partial charge in [0.25, 0.3) is 10.0 Å². The summed E-state index contributed by atoms with van der Waals surface area (Å²) in [6, 6.07) is 13.0. The normalized spacial score (nSPS) is 18.6. The van der Waals surface area contributed by atoms with Crippen LogP contribution in [0.25, 0.3) is 0 Å². The number of benzene rings is 3. The maximum absolute atomic E-state index is 15.7. The second-order valence-electron chi connectivity index (χ2n) is 13.1. The van der Waals surface area contributed by atoms with Crippen molar-refractivity contribution >= 4 is 16.1 Å². The summed E-state index contributed by atoms with van der Waals surface area (Å²) in [6.07, 6.45) is -4.63. The number of amides is 1. The summed E-state index contributed by atoms with van der Waals surface area (Å²) in [6.45, 7) is 4.20. The molecular formula is C35H42F4N2O7S. The summed E-state index contributed by atoms with van der Waals surface area (Å²) in [5.74, 6) is -0.555. The fourth-order valence-corrected chi connectivity index (χ4v) is 7.15. The summed E-state index contributed by atoms with van der Waals surface area (Å²) in [4.78, 5) is 14.4. The van der Waals surface area contributed by atoms with Gasteiger partial charge in [0, 0.05) is 23.7 Å². The van der Waals surface area contributed by atoms with Crippen molar-refractivity contribution in [3.8, 4) is 17.2 Å². The van der Waals surface area contributed by atoms with Crippen LogP contribution >= 0.6 is 0 Å². The van der Waals surface area contributed by atoms with E-state index >= 15 is 4.39 Å². The van der Waals surface area contributed by atoms with Crippen molar-refractivity contribution in [2.45, 2.75) is 81.3 Å². The van der Waals surface area contributed by atoms with Crippen LogP contribution in [0.1, 0.15) is 62.6 Å². The molecule has 14 heteroatoms. The molecule has 3 aromatic rings. The summed E-state index contributed by atoms with van der Waals surface area (Å²) in [5, 5.41) is 0. The first kappa shape index (κ1) is 37.8. The molecule has 1 aliphatic carbocycles. The molecule has 4 rings (SSSR count). The van der Waals surface area contributed by atoms with Gasteiger partial charge in [-0.2, -0.15) is 17.5 Å². The average Bonchev–Trinajstić information content (AvgIpc) is 3.02. The molecule has 0 unspecified atom stereocenters. The number of rotatable bonds is 10. The zero-order valence-corrected chi connectivity index (χ0v) is 29.3. The molecule has 0 aliphatic heterocycles. The number of nitrogens with zero attached hydrogens (tertiary/aromatic N) is 2. The van der Waals surface area contributed by atoms with Gasteiger partial charge in [0.15, 0.2) is 0 Å². The minimum atomic E-state index is -4.82. The molecule has 49 heavy (non-hydrogen) atoms. The van der Waals surface area contributed by atoms with Crippen molar-refractivity contribution in [3.05, 3.63) is 83.2 Å². The highest BCUT2D eigenvalue weighted by molar-refractivity contribution is 7.89. The van der Waals surface area contributed by atoms with Crippen molar-refractivity contribution in [2.75, 3.05) is 28.3 Å². The van der Waals surface area contributed by atoms with Crippen LogP contribution in [0.4, 0.5) is 22.4 Å². The van der Waals surface area contributed by atoms with Gasteiger partial charge in [-0.15, -0.1) is 0 Å². The Morgan fingerprint density at radius 2 is 1.61 bits per heavy atom. The van der Waals surface area contributed by atoms with Gasteiger partial charge in [0.2, 0.25) is 0 Å². The number of halogens is 4. The molecule has 1 fully saturated rings. The number of hydrogen-bond acceptors (Lipinski definition) is 8. The monoisotopic (exact) mass is 710 g/mol. The van der Waals surface area contributed by atoms with Gasteiger partial charge in [-0.1, -0.05) is 18.2 Å². The van der Waals surface area contributed by atoms with Gasteiger partial charge in [0.05, 0.1) is 26.3 Å². The first-order valence-electron chi connectivity index (χ1n) is 15.6. The molecule has 3 atom stereocenters. The van der Waals surface area contributed by atoms with E-state index in [2.05, 4.69) is 0 Å². The number of alkyl halides is 3. The number of carbonyl (C=O) groups is 1. The summed E-state index contributed by atoms with van der Waals surface area (Å²) >= 11 is 0. The first-order valence-corrected chi connectivity index (χ1v) is 17.0. The molecule has 9 nitrogen and oxygen atoms in total. The fraction of sp³-hybridized carbons (Fsp3) is 0.457. The van der Waals surface area contributed by atoms with Crippen molar-refractivity contribution in [2.24, 2.45) is 0 Å². The predicted molar refractivity (Wildman–Crippen MR) is 175 cm³/mol. The number of sulfonamides is 1. The molecule has 3 aromatic carbocycles. The number of ether oxygens (including phenoxy) is 4. The topological polar surface area (TPSA) is 94.6 Å². The lowest BCUT2D eigenvalue weighted by molar-refractivity contribution is -0.137. The van der Waals surface area contributed by atoms with E-state index in [4.69, 9.17) is 18.9 Å². The van der Waals surface area contributed by atoms with E-state index in [0.717, 1.165) is 18.2 Å². The van der Waals surface area contributed by atoms with Crippen LogP contribution in [-0.4, -0.2) is 69.8 Å². The van der Waals surface area contributed by atoms with Crippen molar-refractivity contribution < 1.29 is 49.7 Å². The Morgan fingerprint density at radius 3 is 2.20 bits per heavy atom. The van der Waals surface area contributed by atoms with Gasteiger partial charge in [-0.05, 0) is 95.9 Å². The molecule has 0 radical (unpaired) electrons. The van der Waals surface area contributed by atoms with Gasteiger partial charge in [-0.25, -0.2) is 17.6 Å². The standard InChI is InChI=1S/C35H42F4N2O7S/c1-34(2,3)48-33(42)41(21-24-11-13-26(45-6)20-31(24)46-7)49(43,44)32-16-14-27(19-28(32)36)47-30-15-12-23(18-29(30)40(4)5)22-9-8-10-25(17-22)35(37,38)39/h8-11,13-14,16-17,19-20,23,29-30H,12,15,18,21H2,1-7H3/t23-,29-,30-/m0/s1. The van der Waals surface area contributed by atoms with Gasteiger partial charge in [0.1, 0.15) is 39.7 Å². The molecule has 268 valence electrons. The molecule has 0 heterocycles. The third kappa shape index (κ3) is 9.15. The van der Waals surface area contributed by atoms with E-state index in [1.54, 1.807) is 32.9 Å². The lowest BCUT2D eigenvalue weighted by atomic mass is 9.79. The average molecular weight is 711 g/mol. The number of carbonyl (C=O) groups excluding carboxylic acids is 1. The number of methoxy groups -OCH3 is 2. The summed E-state index contributed by atoms with van der Waals surface area (Å²) < 4.78 is 106. The first-order chi connectivity index (χ1) is 22.8. The fourth-order valence-electron chi connectivity index (χ4n) is 5.83. The Hall–Kier alpha value is -4.04. The molecule has 0 N–H and O–H groups in total. The van der Waals surface area contributed by atoms with Crippen LogP contribution < -0.4 is 14.2 Å². The van der Waals surface area contributed by atoms with Crippen molar-refractivity contribution in [3.63, 3.8) is 0 Å². The lowest BCUT2D eigenvalue weighted by Crippen LogP contribution is -2.46. The highest BCUT2D eigenvalue weighted by Gasteiger charge is 2.38. The quantitative estimate of drug-likeness (QED) is 0.198. The van der Waals surface area contributed by atoms with Crippen LogP contribution in [0.3, 0.4) is 0 Å². The van der Waals surface area contributed by atoms with Crippen LogP contribution in [0, 0.1) is 5.82 Å². The third-order valence-corrected chi connectivity index (χ3v) is 10.0. The Kier molecular flexibility index (Phi) is 11.4. The molecule has 0 saturated heterocycles.